The van der Waals surface area contributed by atoms with Gasteiger partial charge in [0.15, 0.2) is 0 Å². The van der Waals surface area contributed by atoms with E-state index in [1.165, 1.54) is 37.7 Å². The summed E-state index contributed by atoms with van der Waals surface area (Å²) < 4.78 is 0. The van der Waals surface area contributed by atoms with E-state index in [0.29, 0.717) is 6.04 Å². The number of rotatable bonds is 6. The molecule has 1 aromatic carbocycles. The standard InChI is InChI=1S/C19H25ClN4/c1-14-12-18(21-11-10-15-6-5-7-16(20)13-15)24-19(22-14)23-17-8-3-2-4-9-17/h5-7,12-13,17H,2-4,8-11H2,1H3,(H2,21,22,23,24). The zero-order valence-electron chi connectivity index (χ0n) is 14.2. The van der Waals surface area contributed by atoms with Crippen LogP contribution in [0.25, 0.3) is 0 Å². The second-order valence-corrected chi connectivity index (χ2v) is 6.94. The van der Waals surface area contributed by atoms with Crippen LogP contribution in [0.2, 0.25) is 5.02 Å². The Morgan fingerprint density at radius 2 is 1.96 bits per heavy atom. The van der Waals surface area contributed by atoms with Gasteiger partial charge in [-0.25, -0.2) is 4.98 Å². The van der Waals surface area contributed by atoms with Gasteiger partial charge in [-0.15, -0.1) is 0 Å². The van der Waals surface area contributed by atoms with Gasteiger partial charge in [-0.3, -0.25) is 0 Å². The lowest BCUT2D eigenvalue weighted by Gasteiger charge is -2.23. The van der Waals surface area contributed by atoms with Gasteiger partial charge in [0.25, 0.3) is 0 Å². The van der Waals surface area contributed by atoms with E-state index < -0.39 is 0 Å². The lowest BCUT2D eigenvalue weighted by Crippen LogP contribution is -2.24. The third kappa shape index (κ3) is 5.10. The highest BCUT2D eigenvalue weighted by Gasteiger charge is 2.14. The van der Waals surface area contributed by atoms with Crippen LogP contribution in [0.4, 0.5) is 11.8 Å². The molecule has 1 aliphatic rings. The van der Waals surface area contributed by atoms with Gasteiger partial charge >= 0.3 is 0 Å². The number of hydrogen-bond donors (Lipinski definition) is 2. The second-order valence-electron chi connectivity index (χ2n) is 6.50. The van der Waals surface area contributed by atoms with E-state index in [4.69, 9.17) is 11.6 Å². The van der Waals surface area contributed by atoms with Crippen molar-refractivity contribution in [3.63, 3.8) is 0 Å². The molecule has 0 unspecified atom stereocenters. The molecule has 0 saturated heterocycles. The highest BCUT2D eigenvalue weighted by molar-refractivity contribution is 6.30. The molecule has 3 rings (SSSR count). The Balaban J connectivity index is 1.56. The first-order chi connectivity index (χ1) is 11.7. The summed E-state index contributed by atoms with van der Waals surface area (Å²) in [4.78, 5) is 9.14. The average molecular weight is 345 g/mol. The van der Waals surface area contributed by atoms with Crippen molar-refractivity contribution in [3.8, 4) is 0 Å². The molecule has 2 aromatic rings. The van der Waals surface area contributed by atoms with E-state index >= 15 is 0 Å². The molecule has 1 saturated carbocycles. The molecule has 1 heterocycles. The lowest BCUT2D eigenvalue weighted by molar-refractivity contribution is 0.461. The van der Waals surface area contributed by atoms with E-state index in [1.54, 1.807) is 0 Å². The molecule has 1 aromatic heterocycles. The van der Waals surface area contributed by atoms with Gasteiger partial charge in [0.1, 0.15) is 5.82 Å². The molecule has 0 radical (unpaired) electrons. The minimum Gasteiger partial charge on any atom is -0.370 e. The molecule has 0 aliphatic heterocycles. The fraction of sp³-hybridized carbons (Fsp3) is 0.474. The highest BCUT2D eigenvalue weighted by Crippen LogP contribution is 2.21. The maximum Gasteiger partial charge on any atom is 0.225 e. The topological polar surface area (TPSA) is 49.8 Å². The monoisotopic (exact) mass is 344 g/mol. The van der Waals surface area contributed by atoms with Crippen LogP contribution in [0.3, 0.4) is 0 Å². The van der Waals surface area contributed by atoms with E-state index in [2.05, 4.69) is 26.7 Å². The van der Waals surface area contributed by atoms with Crippen LogP contribution in [-0.4, -0.2) is 22.6 Å². The maximum atomic E-state index is 6.03. The molecule has 0 bridgehead atoms. The minimum atomic E-state index is 0.514. The fourth-order valence-corrected chi connectivity index (χ4v) is 3.39. The molecule has 4 nitrogen and oxygen atoms in total. The van der Waals surface area contributed by atoms with E-state index in [1.807, 2.05) is 31.2 Å². The summed E-state index contributed by atoms with van der Waals surface area (Å²) >= 11 is 6.03. The Kier molecular flexibility index (Phi) is 5.91. The number of hydrogen-bond acceptors (Lipinski definition) is 4. The summed E-state index contributed by atoms with van der Waals surface area (Å²) in [7, 11) is 0. The van der Waals surface area contributed by atoms with Crippen molar-refractivity contribution in [1.82, 2.24) is 9.97 Å². The number of aryl methyl sites for hydroxylation is 1. The number of halogens is 1. The largest absolute Gasteiger partial charge is 0.370 e. The van der Waals surface area contributed by atoms with E-state index in [-0.39, 0.29) is 0 Å². The molecule has 1 fully saturated rings. The first-order valence-corrected chi connectivity index (χ1v) is 9.17. The number of nitrogens with zero attached hydrogens (tertiary/aromatic N) is 2. The van der Waals surface area contributed by atoms with Crippen molar-refractivity contribution in [1.29, 1.82) is 0 Å². The van der Waals surface area contributed by atoms with Gasteiger partial charge in [0.05, 0.1) is 0 Å². The normalized spacial score (nSPS) is 15.2. The van der Waals surface area contributed by atoms with Crippen LogP contribution in [-0.2, 0) is 6.42 Å². The fourth-order valence-electron chi connectivity index (χ4n) is 3.18. The zero-order chi connectivity index (χ0) is 16.8. The Bertz CT molecular complexity index is 668. The van der Waals surface area contributed by atoms with E-state index in [0.717, 1.165) is 35.4 Å². The Hall–Kier alpha value is -1.81. The van der Waals surface area contributed by atoms with Crippen LogP contribution in [0, 0.1) is 6.92 Å². The van der Waals surface area contributed by atoms with Crippen molar-refractivity contribution >= 4 is 23.4 Å². The average Bonchev–Trinajstić information content (AvgIpc) is 2.55. The minimum absolute atomic E-state index is 0.514. The van der Waals surface area contributed by atoms with Gasteiger partial charge in [-0.2, -0.15) is 4.98 Å². The van der Waals surface area contributed by atoms with Crippen molar-refractivity contribution in [3.05, 3.63) is 46.6 Å². The number of anilines is 2. The Morgan fingerprint density at radius 3 is 2.75 bits per heavy atom. The van der Waals surface area contributed by atoms with Crippen LogP contribution in [0.1, 0.15) is 43.4 Å². The molecule has 2 N–H and O–H groups in total. The number of benzene rings is 1. The van der Waals surface area contributed by atoms with E-state index in [9.17, 15) is 0 Å². The quantitative estimate of drug-likeness (QED) is 0.787. The first kappa shape index (κ1) is 17.0. The molecule has 5 heteroatoms. The third-order valence-corrected chi connectivity index (χ3v) is 4.64. The summed E-state index contributed by atoms with van der Waals surface area (Å²) in [6.45, 7) is 2.83. The molecule has 0 spiro atoms. The van der Waals surface area contributed by atoms with Crippen molar-refractivity contribution in [2.75, 3.05) is 17.2 Å². The van der Waals surface area contributed by atoms with Crippen LogP contribution in [0.15, 0.2) is 30.3 Å². The van der Waals surface area contributed by atoms with Crippen LogP contribution < -0.4 is 10.6 Å². The van der Waals surface area contributed by atoms with Gasteiger partial charge in [-0.05, 0) is 43.9 Å². The number of nitrogens with one attached hydrogen (secondary N) is 2. The number of aromatic nitrogens is 2. The molecule has 0 amide bonds. The van der Waals surface area contributed by atoms with Crippen molar-refractivity contribution < 1.29 is 0 Å². The molecule has 1 aliphatic carbocycles. The molecular weight excluding hydrogens is 320 g/mol. The summed E-state index contributed by atoms with van der Waals surface area (Å²) in [6.07, 6.45) is 7.30. The highest BCUT2D eigenvalue weighted by atomic mass is 35.5. The molecule has 128 valence electrons. The second kappa shape index (κ2) is 8.34. The third-order valence-electron chi connectivity index (χ3n) is 4.40. The van der Waals surface area contributed by atoms with Gasteiger partial charge in [0.2, 0.25) is 5.95 Å². The van der Waals surface area contributed by atoms with Crippen molar-refractivity contribution in [2.24, 2.45) is 0 Å². The summed E-state index contributed by atoms with van der Waals surface area (Å²) in [5.41, 5.74) is 2.20. The smallest absolute Gasteiger partial charge is 0.225 e. The lowest BCUT2D eigenvalue weighted by atomic mass is 9.96. The summed E-state index contributed by atoms with van der Waals surface area (Å²) in [5.74, 6) is 1.62. The predicted octanol–water partition coefficient (Wildman–Crippen LogP) is 4.84. The van der Waals surface area contributed by atoms with Gasteiger partial charge in [-0.1, -0.05) is 43.0 Å². The van der Waals surface area contributed by atoms with Crippen molar-refractivity contribution in [2.45, 2.75) is 51.5 Å². The van der Waals surface area contributed by atoms with Crippen LogP contribution in [0.5, 0.6) is 0 Å². The first-order valence-electron chi connectivity index (χ1n) is 8.79. The summed E-state index contributed by atoms with van der Waals surface area (Å²) in [6, 6.07) is 10.5. The molecule has 0 atom stereocenters. The Morgan fingerprint density at radius 1 is 1.12 bits per heavy atom. The molecule has 24 heavy (non-hydrogen) atoms. The van der Waals surface area contributed by atoms with Gasteiger partial charge < -0.3 is 10.6 Å². The summed E-state index contributed by atoms with van der Waals surface area (Å²) in [5, 5.41) is 7.68. The predicted molar refractivity (Wildman–Crippen MR) is 101 cm³/mol. The SMILES string of the molecule is Cc1cc(NCCc2cccc(Cl)c2)nc(NC2CCCCC2)n1. The zero-order valence-corrected chi connectivity index (χ0v) is 14.9. The molecular formula is C19H25ClN4. The van der Waals surface area contributed by atoms with Crippen LogP contribution >= 0.6 is 11.6 Å². The van der Waals surface area contributed by atoms with Gasteiger partial charge in [0, 0.05) is 29.4 Å². The Labute approximate surface area is 149 Å². The maximum absolute atomic E-state index is 6.03.